The maximum absolute atomic E-state index is 16.5. The zero-order valence-corrected chi connectivity index (χ0v) is 51.1. The lowest BCUT2D eigenvalue weighted by atomic mass is 9.44. The molecule has 2 bridgehead atoms. The number of para-hydroxylation sites is 1. The molecule has 2 saturated carbocycles. The average molecular weight is 1300 g/mol. The quantitative estimate of drug-likeness (QED) is 0.0214. The second kappa shape index (κ2) is 24.2. The fourth-order valence-corrected chi connectivity index (χ4v) is 13.8. The van der Waals surface area contributed by atoms with Gasteiger partial charge in [0, 0.05) is 36.8 Å². The average Bonchev–Trinajstić information content (AvgIpc) is 0.794. The summed E-state index contributed by atoms with van der Waals surface area (Å²) in [5.41, 5.74) is -8.32. The van der Waals surface area contributed by atoms with Gasteiger partial charge in [0.1, 0.15) is 41.5 Å². The molecule has 2 saturated heterocycles. The van der Waals surface area contributed by atoms with Crippen LogP contribution in [0.3, 0.4) is 0 Å². The number of nitrogens with zero attached hydrogens (tertiary/aromatic N) is 1. The van der Waals surface area contributed by atoms with Gasteiger partial charge in [-0.1, -0.05) is 149 Å². The zero-order chi connectivity index (χ0) is 61.1. The summed E-state index contributed by atoms with van der Waals surface area (Å²) in [7, 11) is 2.94. The lowest BCUT2D eigenvalue weighted by Crippen LogP contribution is -2.82. The van der Waals surface area contributed by atoms with E-state index in [1.165, 1.54) is 54.0 Å². The van der Waals surface area contributed by atoms with Crippen LogP contribution in [0.2, 0.25) is 0 Å². The second-order valence-electron chi connectivity index (χ2n) is 21.3. The number of esters is 5. The number of rotatable bonds is 15. The minimum Gasteiger partial charge on any atom is -0.497 e. The Bertz CT molecular complexity index is 3240. The maximum Gasteiger partial charge on any atom is 0.359 e. The van der Waals surface area contributed by atoms with Gasteiger partial charge in [-0.3, -0.25) is 9.59 Å². The van der Waals surface area contributed by atoms with Crippen molar-refractivity contribution in [2.75, 3.05) is 20.8 Å². The van der Waals surface area contributed by atoms with Crippen LogP contribution in [0.1, 0.15) is 81.2 Å². The number of nitrogens with two attached hydrogens (primary N) is 1. The van der Waals surface area contributed by atoms with E-state index in [0.717, 1.165) is 18.9 Å². The minimum atomic E-state index is -2.87. The number of carbonyl (C=O) groups is 6. The van der Waals surface area contributed by atoms with Crippen LogP contribution in [0, 0.1) is 16.7 Å². The summed E-state index contributed by atoms with van der Waals surface area (Å²) in [4.78, 5) is 99.1. The monoisotopic (exact) mass is 1300 g/mol. The van der Waals surface area contributed by atoms with Crippen LogP contribution < -0.4 is 20.3 Å². The predicted molar refractivity (Wildman–Crippen MR) is 304 cm³/mol. The Labute approximate surface area is 516 Å². The number of alkyl halides is 6. The van der Waals surface area contributed by atoms with Gasteiger partial charge >= 0.3 is 29.8 Å². The molecule has 0 radical (unpaired) electrons. The van der Waals surface area contributed by atoms with Gasteiger partial charge in [-0.05, 0) is 78.9 Å². The van der Waals surface area contributed by atoms with Gasteiger partial charge < -0.3 is 52.6 Å². The van der Waals surface area contributed by atoms with Crippen molar-refractivity contribution in [3.05, 3.63) is 131 Å². The molecule has 4 aromatic rings. The lowest BCUT2D eigenvalue weighted by molar-refractivity contribution is -0.346. The van der Waals surface area contributed by atoms with Crippen LogP contribution in [-0.4, -0.2) is 121 Å². The number of ether oxygens (including phenoxy) is 9. The van der Waals surface area contributed by atoms with Crippen LogP contribution in [0.4, 0.5) is 0 Å². The van der Waals surface area contributed by atoms with Gasteiger partial charge in [-0.2, -0.15) is 5.90 Å². The van der Waals surface area contributed by atoms with E-state index in [1.54, 1.807) is 95.3 Å². The number of benzene rings is 4. The smallest absolute Gasteiger partial charge is 0.359 e. The van der Waals surface area contributed by atoms with E-state index in [2.05, 4.69) is 4.99 Å². The first-order chi connectivity index (χ1) is 39.6. The topological polar surface area (TPSA) is 253 Å². The van der Waals surface area contributed by atoms with Crippen molar-refractivity contribution in [2.45, 2.75) is 120 Å². The number of Topliss-reactive ketones (excluding diaryl/α,β-unsaturated/α-hetero) is 1. The molecule has 3 aliphatic carbocycles. The Balaban J connectivity index is 1.26. The highest BCUT2D eigenvalue weighted by molar-refractivity contribution is 7.97. The second-order valence-corrected chi connectivity index (χ2v) is 26.9. The molecule has 3 N–H and O–H groups in total. The van der Waals surface area contributed by atoms with Crippen molar-refractivity contribution >= 4 is 117 Å². The van der Waals surface area contributed by atoms with Gasteiger partial charge in [0.15, 0.2) is 35.6 Å². The molecule has 12 atom stereocenters. The van der Waals surface area contributed by atoms with Crippen molar-refractivity contribution in [1.29, 1.82) is 0 Å². The third-order valence-corrected chi connectivity index (χ3v) is 18.5. The molecule has 0 aromatic heterocycles. The van der Waals surface area contributed by atoms with Crippen molar-refractivity contribution in [1.82, 2.24) is 4.31 Å². The molecule has 450 valence electrons. The van der Waals surface area contributed by atoms with Crippen LogP contribution in [0.5, 0.6) is 17.2 Å². The van der Waals surface area contributed by atoms with E-state index < -0.39 is 140 Å². The summed E-state index contributed by atoms with van der Waals surface area (Å²) in [6.45, 7) is 6.28. The van der Waals surface area contributed by atoms with Crippen LogP contribution in [-0.2, 0) is 62.1 Å². The summed E-state index contributed by atoms with van der Waals surface area (Å²) >= 11 is 38.0. The van der Waals surface area contributed by atoms with E-state index in [4.69, 9.17) is 123 Å². The van der Waals surface area contributed by atoms with Crippen molar-refractivity contribution in [3.63, 3.8) is 0 Å². The van der Waals surface area contributed by atoms with Gasteiger partial charge in [-0.25, -0.2) is 23.5 Å². The first-order valence-corrected chi connectivity index (χ1v) is 28.9. The summed E-state index contributed by atoms with van der Waals surface area (Å²) < 4.78 is 52.0. The summed E-state index contributed by atoms with van der Waals surface area (Å²) in [5.74, 6) is -2.72. The molecule has 20 nitrogen and oxygen atoms in total. The van der Waals surface area contributed by atoms with E-state index in [1.807, 2.05) is 0 Å². The Morgan fingerprint density at radius 1 is 0.798 bits per heavy atom. The van der Waals surface area contributed by atoms with Crippen molar-refractivity contribution in [3.8, 4) is 17.2 Å². The van der Waals surface area contributed by atoms with Gasteiger partial charge in [0.2, 0.25) is 0 Å². The molecule has 0 amide bonds. The Hall–Kier alpha value is -5.11. The largest absolute Gasteiger partial charge is 0.497 e. The SMILES string of the molecule is COc1ccc(C2O[C@@H](C(=O)O[C@H]3C[C@@]4(O)[C@@H](OC(=O)c5ccccc5)[C@@H]5[C@]6(OC(C)=O)CO[C@@H]6C[C@H](OC(=O)C(Cl)(Cl)Cl)[C@@]5(C)C(=O)[C@H](OC(=O)C(Cl)(Cl)Cl)C(=C3C)C4(C)C)[C@H](c3ccccc3)N2Sc2ccccc2OON)c(OC)c1. The Kier molecular flexibility index (Phi) is 18.3. The highest BCUT2D eigenvalue weighted by Crippen LogP contribution is 2.66. The molecule has 2 aliphatic heterocycles. The molecule has 9 rings (SSSR count). The van der Waals surface area contributed by atoms with Crippen molar-refractivity contribution < 1.29 is 86.4 Å². The van der Waals surface area contributed by atoms with E-state index in [0.29, 0.717) is 27.5 Å². The summed E-state index contributed by atoms with van der Waals surface area (Å²) in [6.07, 6.45) is -12.9. The predicted octanol–water partition coefficient (Wildman–Crippen LogP) is 9.52. The number of carbonyl (C=O) groups excluding carboxylic acids is 6. The number of hydrogen-bond acceptors (Lipinski definition) is 21. The third-order valence-electron chi connectivity index (χ3n) is 16.4. The third kappa shape index (κ3) is 11.4. The first-order valence-electron chi connectivity index (χ1n) is 25.9. The molecule has 4 fully saturated rings. The summed E-state index contributed by atoms with van der Waals surface area (Å²) in [6, 6.07) is 27.2. The van der Waals surface area contributed by atoms with Gasteiger partial charge in [0.25, 0.3) is 7.59 Å². The number of halogens is 6. The fourth-order valence-electron chi connectivity index (χ4n) is 12.4. The molecule has 27 heteroatoms. The molecule has 84 heavy (non-hydrogen) atoms. The maximum atomic E-state index is 16.5. The number of aliphatic hydroxyl groups is 1. The van der Waals surface area contributed by atoms with E-state index >= 15 is 9.59 Å². The lowest BCUT2D eigenvalue weighted by Gasteiger charge is -2.67. The Morgan fingerprint density at radius 2 is 1.43 bits per heavy atom. The highest BCUT2D eigenvalue weighted by atomic mass is 35.6. The molecule has 1 unspecified atom stereocenters. The number of methoxy groups -OCH3 is 2. The van der Waals surface area contributed by atoms with E-state index in [9.17, 15) is 24.3 Å². The Morgan fingerprint density at radius 3 is 2.02 bits per heavy atom. The van der Waals surface area contributed by atoms with Gasteiger partial charge in [0.05, 0.1) is 48.7 Å². The number of hydrogen-bond donors (Lipinski definition) is 2. The number of ketones is 1. The molecule has 2 heterocycles. The van der Waals surface area contributed by atoms with Crippen LogP contribution in [0.15, 0.2) is 119 Å². The van der Waals surface area contributed by atoms with E-state index in [-0.39, 0.29) is 22.5 Å². The van der Waals surface area contributed by atoms with Crippen molar-refractivity contribution in [2.24, 2.45) is 22.6 Å². The zero-order valence-electron chi connectivity index (χ0n) is 45.7. The molecule has 5 aliphatic rings. The molecule has 0 spiro atoms. The minimum absolute atomic E-state index is 0.0237. The fraction of sp³-hybridized carbons (Fsp3) is 0.439. The molecule has 4 aromatic carbocycles. The van der Waals surface area contributed by atoms with Crippen LogP contribution in [0.25, 0.3) is 0 Å². The molecular weight excluding hydrogens is 1250 g/mol. The highest BCUT2D eigenvalue weighted by Gasteiger charge is 2.79. The molecular formula is C57H56Cl6N2O18S. The van der Waals surface area contributed by atoms with Gasteiger partial charge in [-0.15, -0.1) is 0 Å². The summed E-state index contributed by atoms with van der Waals surface area (Å²) in [5, 5.41) is 14.4. The normalized spacial score (nSPS) is 30.0. The van der Waals surface area contributed by atoms with Crippen LogP contribution >= 0.6 is 81.6 Å². The number of fused-ring (bicyclic) bond motifs is 5. The first kappa shape index (κ1) is 63.4. The standard InChI is InChI=1S/C57H56Cl6N2O18S/c1-28-36(76-49(69)43-41(30-16-10-8-11-17-30)65(84-37-21-15-14-20-34(37)82-83-64)47(78-43)33-23-22-32(73-6)24-35(33)74-7)26-55(72)46(80-48(68)31-18-12-9-13-19-31)44-53(5,45(67)42(40(28)52(55,3)4)79-51(71)57(61,62)63)38(77-50(70)56(58,59)60)25-39-54(44,27-75-39)81-29(2)66/h8-24,36,38-39,41-44,46-47,72H,25-27,64H2,1-7H3/t36-,38-,39+,41-,42+,43+,44-,46-,47?,53+,54-,55+/m0/s1.